The van der Waals surface area contributed by atoms with Crippen molar-refractivity contribution in [1.29, 1.82) is 0 Å². The molecular formula is C23H23N3O4. The third kappa shape index (κ3) is 3.17. The molecule has 0 bridgehead atoms. The summed E-state index contributed by atoms with van der Waals surface area (Å²) in [6, 6.07) is 12.4. The number of ether oxygens (including phenoxy) is 1. The van der Waals surface area contributed by atoms with Gasteiger partial charge in [0.1, 0.15) is 11.3 Å². The fourth-order valence-corrected chi connectivity index (χ4v) is 3.92. The number of rotatable bonds is 5. The molecule has 1 fully saturated rings. The Bertz CT molecular complexity index is 1160. The lowest BCUT2D eigenvalue weighted by Crippen LogP contribution is -2.32. The van der Waals surface area contributed by atoms with Crippen LogP contribution in [0.3, 0.4) is 0 Å². The molecule has 1 amide bonds. The average Bonchev–Trinajstić information content (AvgIpc) is 3.20. The molecule has 1 saturated heterocycles. The van der Waals surface area contributed by atoms with Crippen LogP contribution in [0.15, 0.2) is 54.2 Å². The molecule has 1 aromatic carbocycles. The fourth-order valence-electron chi connectivity index (χ4n) is 3.92. The number of aromatic nitrogens is 2. The zero-order chi connectivity index (χ0) is 21.4. The van der Waals surface area contributed by atoms with Crippen molar-refractivity contribution in [3.63, 3.8) is 0 Å². The minimum absolute atomic E-state index is 0.0636. The van der Waals surface area contributed by atoms with Crippen LogP contribution < -0.4 is 0 Å². The van der Waals surface area contributed by atoms with Crippen LogP contribution in [0.2, 0.25) is 0 Å². The van der Waals surface area contributed by atoms with Gasteiger partial charge in [0.2, 0.25) is 0 Å². The molecule has 1 atom stereocenters. The zero-order valence-corrected chi connectivity index (χ0v) is 17.1. The van der Waals surface area contributed by atoms with E-state index in [4.69, 9.17) is 4.74 Å². The number of imidazole rings is 1. The van der Waals surface area contributed by atoms with Crippen LogP contribution in [0.5, 0.6) is 0 Å². The number of aliphatic hydroxyl groups excluding tert-OH is 1. The van der Waals surface area contributed by atoms with Gasteiger partial charge in [-0.2, -0.15) is 0 Å². The van der Waals surface area contributed by atoms with E-state index in [2.05, 4.69) is 4.98 Å². The number of aryl methyl sites for hydroxylation is 2. The highest BCUT2D eigenvalue weighted by Crippen LogP contribution is 2.39. The molecule has 0 saturated carbocycles. The molecule has 4 rings (SSSR count). The monoisotopic (exact) mass is 405 g/mol. The maximum absolute atomic E-state index is 13.0. The van der Waals surface area contributed by atoms with Crippen LogP contribution in [0.4, 0.5) is 0 Å². The Morgan fingerprint density at radius 2 is 1.87 bits per heavy atom. The summed E-state index contributed by atoms with van der Waals surface area (Å²) in [4.78, 5) is 31.8. The van der Waals surface area contributed by atoms with Gasteiger partial charge in [-0.15, -0.1) is 0 Å². The molecule has 154 valence electrons. The van der Waals surface area contributed by atoms with Gasteiger partial charge in [-0.3, -0.25) is 14.0 Å². The highest BCUT2D eigenvalue weighted by atomic mass is 16.5. The largest absolute Gasteiger partial charge is 0.505 e. The van der Waals surface area contributed by atoms with Crippen LogP contribution in [0.25, 0.3) is 11.4 Å². The number of amides is 1. The first-order valence-corrected chi connectivity index (χ1v) is 9.72. The summed E-state index contributed by atoms with van der Waals surface area (Å²) in [5.74, 6) is -1.58. The second-order valence-corrected chi connectivity index (χ2v) is 7.37. The maximum atomic E-state index is 13.0. The summed E-state index contributed by atoms with van der Waals surface area (Å²) in [7, 11) is 1.54. The first-order chi connectivity index (χ1) is 14.4. The minimum atomic E-state index is -0.709. The second kappa shape index (κ2) is 7.76. The van der Waals surface area contributed by atoms with Crippen molar-refractivity contribution >= 4 is 23.1 Å². The third-order valence-electron chi connectivity index (χ3n) is 5.40. The predicted molar refractivity (Wildman–Crippen MR) is 112 cm³/mol. The number of carbonyl (C=O) groups is 2. The molecular weight excluding hydrogens is 382 g/mol. The molecule has 30 heavy (non-hydrogen) atoms. The first kappa shape index (κ1) is 19.8. The number of likely N-dealkylation sites (tertiary alicyclic amines) is 1. The summed E-state index contributed by atoms with van der Waals surface area (Å²) < 4.78 is 6.86. The summed E-state index contributed by atoms with van der Waals surface area (Å²) >= 11 is 0. The van der Waals surface area contributed by atoms with E-state index in [0.29, 0.717) is 17.0 Å². The van der Waals surface area contributed by atoms with Crippen molar-refractivity contribution in [1.82, 2.24) is 14.3 Å². The van der Waals surface area contributed by atoms with Gasteiger partial charge >= 0.3 is 0 Å². The molecule has 1 aliphatic heterocycles. The number of nitrogens with zero attached hydrogens (tertiary/aromatic N) is 3. The Hall–Kier alpha value is -3.45. The number of benzene rings is 1. The number of aliphatic hydroxyl groups is 1. The fraction of sp³-hybridized carbons (Fsp3) is 0.261. The van der Waals surface area contributed by atoms with Gasteiger partial charge in [0.15, 0.2) is 5.76 Å². The maximum Gasteiger partial charge on any atom is 0.295 e. The van der Waals surface area contributed by atoms with Gasteiger partial charge < -0.3 is 14.7 Å². The molecule has 1 aliphatic rings. The van der Waals surface area contributed by atoms with E-state index in [1.807, 2.05) is 49.4 Å². The average molecular weight is 405 g/mol. The van der Waals surface area contributed by atoms with Crippen LogP contribution in [0, 0.1) is 13.8 Å². The van der Waals surface area contributed by atoms with Crippen LogP contribution in [-0.2, 0) is 14.3 Å². The first-order valence-electron chi connectivity index (χ1n) is 9.72. The topological polar surface area (TPSA) is 84.1 Å². The molecule has 3 aromatic rings. The van der Waals surface area contributed by atoms with Gasteiger partial charge in [0.25, 0.3) is 11.7 Å². The Balaban J connectivity index is 1.94. The summed E-state index contributed by atoms with van der Waals surface area (Å²) in [6.07, 6.45) is 1.77. The normalized spacial score (nSPS) is 18.5. The van der Waals surface area contributed by atoms with Crippen molar-refractivity contribution in [2.24, 2.45) is 0 Å². The van der Waals surface area contributed by atoms with E-state index in [1.165, 1.54) is 4.90 Å². The number of fused-ring (bicyclic) bond motifs is 1. The van der Waals surface area contributed by atoms with Crippen LogP contribution in [0.1, 0.15) is 28.6 Å². The number of Topliss-reactive ketones (excluding diaryl/α,β-unsaturated/α-hetero) is 1. The molecule has 7 nitrogen and oxygen atoms in total. The highest BCUT2D eigenvalue weighted by molar-refractivity contribution is 6.46. The molecule has 1 N–H and O–H groups in total. The van der Waals surface area contributed by atoms with Gasteiger partial charge in [-0.1, -0.05) is 35.9 Å². The number of pyridine rings is 1. The van der Waals surface area contributed by atoms with Gasteiger partial charge in [0, 0.05) is 19.9 Å². The van der Waals surface area contributed by atoms with E-state index < -0.39 is 17.7 Å². The van der Waals surface area contributed by atoms with E-state index in [9.17, 15) is 14.7 Å². The van der Waals surface area contributed by atoms with Gasteiger partial charge in [-0.25, -0.2) is 4.98 Å². The number of methoxy groups -OCH3 is 1. The van der Waals surface area contributed by atoms with E-state index >= 15 is 0 Å². The van der Waals surface area contributed by atoms with Crippen molar-refractivity contribution in [2.45, 2.75) is 19.9 Å². The number of hydrogen-bond donors (Lipinski definition) is 1. The van der Waals surface area contributed by atoms with Gasteiger partial charge in [0.05, 0.1) is 23.9 Å². The summed E-state index contributed by atoms with van der Waals surface area (Å²) in [5, 5.41) is 11.3. The van der Waals surface area contributed by atoms with Crippen LogP contribution in [-0.4, -0.2) is 51.3 Å². The van der Waals surface area contributed by atoms with Crippen molar-refractivity contribution in [2.75, 3.05) is 20.3 Å². The molecule has 3 heterocycles. The second-order valence-electron chi connectivity index (χ2n) is 7.37. The van der Waals surface area contributed by atoms with Crippen molar-refractivity contribution in [3.05, 3.63) is 76.7 Å². The Morgan fingerprint density at radius 3 is 2.57 bits per heavy atom. The Morgan fingerprint density at radius 1 is 1.13 bits per heavy atom. The van der Waals surface area contributed by atoms with E-state index in [0.717, 1.165) is 11.1 Å². The van der Waals surface area contributed by atoms with Gasteiger partial charge in [-0.05, 0) is 31.5 Å². The predicted octanol–water partition coefficient (Wildman–Crippen LogP) is 3.02. The lowest BCUT2D eigenvalue weighted by Gasteiger charge is -2.25. The quantitative estimate of drug-likeness (QED) is 0.401. The molecule has 0 radical (unpaired) electrons. The van der Waals surface area contributed by atoms with Crippen molar-refractivity contribution in [3.8, 4) is 0 Å². The number of carbonyl (C=O) groups excluding carboxylic acids is 2. The van der Waals surface area contributed by atoms with E-state index in [-0.39, 0.29) is 24.5 Å². The van der Waals surface area contributed by atoms with E-state index in [1.54, 1.807) is 24.6 Å². The molecule has 0 spiro atoms. The summed E-state index contributed by atoms with van der Waals surface area (Å²) in [5.41, 5.74) is 3.51. The molecule has 1 unspecified atom stereocenters. The SMILES string of the molecule is COCCN1C(=O)C(=O)/C(=C(/O)c2c(C)nc3ccccn23)C1c1ccc(C)cc1. The molecule has 7 heteroatoms. The van der Waals surface area contributed by atoms with Crippen LogP contribution >= 0.6 is 0 Å². The third-order valence-corrected chi connectivity index (χ3v) is 5.40. The number of ketones is 1. The lowest BCUT2D eigenvalue weighted by atomic mass is 9.95. The number of hydrogen-bond acceptors (Lipinski definition) is 5. The standard InChI is InChI=1S/C23H23N3O4/c1-14-7-9-16(10-8-14)20-18(22(28)23(29)26(20)12-13-30-3)21(27)19-15(2)24-17-6-4-5-11-25(17)19/h4-11,20,27H,12-13H2,1-3H3/b21-18+. The Labute approximate surface area is 174 Å². The minimum Gasteiger partial charge on any atom is -0.505 e. The Kier molecular flexibility index (Phi) is 5.13. The smallest absolute Gasteiger partial charge is 0.295 e. The molecule has 2 aromatic heterocycles. The summed E-state index contributed by atoms with van der Waals surface area (Å²) in [6.45, 7) is 4.25. The highest BCUT2D eigenvalue weighted by Gasteiger charge is 2.46. The lowest BCUT2D eigenvalue weighted by molar-refractivity contribution is -0.140. The molecule has 0 aliphatic carbocycles. The zero-order valence-electron chi connectivity index (χ0n) is 17.1. The van der Waals surface area contributed by atoms with Crippen molar-refractivity contribution < 1.29 is 19.4 Å².